The Kier molecular flexibility index (Phi) is 6.26. The predicted octanol–water partition coefficient (Wildman–Crippen LogP) is 3.41. The molecular weight excluding hydrogens is 358 g/mol. The maximum atomic E-state index is 11.4. The lowest BCUT2D eigenvalue weighted by Gasteiger charge is -2.08. The van der Waals surface area contributed by atoms with Crippen LogP contribution in [-0.2, 0) is 13.0 Å². The second-order valence-electron chi connectivity index (χ2n) is 6.16. The van der Waals surface area contributed by atoms with Crippen LogP contribution in [0.4, 0.5) is 0 Å². The van der Waals surface area contributed by atoms with Crippen molar-refractivity contribution in [1.29, 1.82) is 0 Å². The van der Waals surface area contributed by atoms with E-state index in [4.69, 9.17) is 9.47 Å². The Bertz CT molecular complexity index is 935. The van der Waals surface area contributed by atoms with Gasteiger partial charge in [0.05, 0.1) is 25.3 Å². The van der Waals surface area contributed by atoms with Crippen molar-refractivity contribution in [3.63, 3.8) is 0 Å². The van der Waals surface area contributed by atoms with Crippen LogP contribution < -0.4 is 9.47 Å². The molecule has 0 saturated heterocycles. The van der Waals surface area contributed by atoms with Gasteiger partial charge in [0.25, 0.3) is 0 Å². The van der Waals surface area contributed by atoms with Crippen LogP contribution in [-0.4, -0.2) is 39.1 Å². The number of carboxylic acid groups (broad SMARTS) is 1. The molecule has 1 heterocycles. The molecule has 0 radical (unpaired) electrons. The molecule has 0 unspecified atom stereocenters. The van der Waals surface area contributed by atoms with Gasteiger partial charge < -0.3 is 14.6 Å². The van der Waals surface area contributed by atoms with E-state index in [-0.39, 0.29) is 0 Å². The summed E-state index contributed by atoms with van der Waals surface area (Å²) in [6, 6.07) is 15.8. The van der Waals surface area contributed by atoms with Crippen molar-refractivity contribution in [1.82, 2.24) is 14.8 Å². The zero-order valence-electron chi connectivity index (χ0n) is 16.0. The van der Waals surface area contributed by atoms with Gasteiger partial charge in [0, 0.05) is 0 Å². The largest absolute Gasteiger partial charge is 0.478 e. The number of ether oxygens (including phenoxy) is 2. The van der Waals surface area contributed by atoms with Gasteiger partial charge in [0.1, 0.15) is 0 Å². The fourth-order valence-corrected chi connectivity index (χ4v) is 2.88. The fraction of sp³-hybridized carbons (Fsp3) is 0.286. The summed E-state index contributed by atoms with van der Waals surface area (Å²) in [6.07, 6.45) is 0.560. The first kappa shape index (κ1) is 19.4. The number of rotatable bonds is 9. The summed E-state index contributed by atoms with van der Waals surface area (Å²) in [5.74, 6) is -0.910. The van der Waals surface area contributed by atoms with Crippen LogP contribution in [0.25, 0.3) is 0 Å². The lowest BCUT2D eigenvalue weighted by atomic mass is 9.99. The van der Waals surface area contributed by atoms with Crippen molar-refractivity contribution >= 4 is 5.97 Å². The van der Waals surface area contributed by atoms with E-state index in [1.165, 1.54) is 0 Å². The smallest absolute Gasteiger partial charge is 0.338 e. The summed E-state index contributed by atoms with van der Waals surface area (Å²) in [5.41, 5.74) is 3.19. The van der Waals surface area contributed by atoms with Crippen LogP contribution in [0, 0.1) is 0 Å². The first-order chi connectivity index (χ1) is 13.6. The predicted molar refractivity (Wildman–Crippen MR) is 104 cm³/mol. The van der Waals surface area contributed by atoms with E-state index in [9.17, 15) is 9.90 Å². The number of aromatic nitrogens is 3. The Morgan fingerprint density at radius 1 is 1.00 bits per heavy atom. The van der Waals surface area contributed by atoms with Crippen molar-refractivity contribution in [3.8, 4) is 12.0 Å². The second kappa shape index (κ2) is 9.03. The number of nitrogens with zero attached hydrogens (tertiary/aromatic N) is 3. The number of carboxylic acids is 1. The van der Waals surface area contributed by atoms with Gasteiger partial charge in [-0.1, -0.05) is 42.5 Å². The van der Waals surface area contributed by atoms with Gasteiger partial charge in [-0.3, -0.25) is 0 Å². The van der Waals surface area contributed by atoms with E-state index in [1.807, 2.05) is 50.2 Å². The minimum atomic E-state index is -0.910. The molecule has 3 rings (SSSR count). The highest BCUT2D eigenvalue weighted by Crippen LogP contribution is 2.18. The molecule has 0 spiro atoms. The summed E-state index contributed by atoms with van der Waals surface area (Å²) in [4.78, 5) is 15.6. The maximum absolute atomic E-state index is 11.4. The molecule has 1 aromatic heterocycles. The van der Waals surface area contributed by atoms with Crippen molar-refractivity contribution in [2.45, 2.75) is 26.8 Å². The second-order valence-corrected chi connectivity index (χ2v) is 6.16. The molecule has 0 fully saturated rings. The van der Waals surface area contributed by atoms with Crippen LogP contribution >= 0.6 is 0 Å². The maximum Gasteiger partial charge on any atom is 0.338 e. The molecule has 0 amide bonds. The molecule has 2 aromatic carbocycles. The average Bonchev–Trinajstić information content (AvgIpc) is 3.05. The Morgan fingerprint density at radius 3 is 2.36 bits per heavy atom. The van der Waals surface area contributed by atoms with E-state index in [0.29, 0.717) is 43.8 Å². The fourth-order valence-electron chi connectivity index (χ4n) is 2.88. The van der Waals surface area contributed by atoms with E-state index in [0.717, 1.165) is 16.7 Å². The molecule has 0 atom stereocenters. The molecule has 146 valence electrons. The van der Waals surface area contributed by atoms with Crippen molar-refractivity contribution in [2.24, 2.45) is 0 Å². The van der Waals surface area contributed by atoms with Gasteiger partial charge in [-0.25, -0.2) is 9.48 Å². The molecule has 7 nitrogen and oxygen atoms in total. The van der Waals surface area contributed by atoms with Crippen molar-refractivity contribution in [3.05, 3.63) is 70.8 Å². The molecule has 3 aromatic rings. The van der Waals surface area contributed by atoms with Crippen LogP contribution in [0.15, 0.2) is 48.5 Å². The summed E-state index contributed by atoms with van der Waals surface area (Å²) < 4.78 is 12.6. The van der Waals surface area contributed by atoms with Gasteiger partial charge >= 0.3 is 18.0 Å². The SMILES string of the molecule is CCOc1nc(OCC)n(Cc2ccc(Cc3ccccc3C(=O)O)cc2)n1. The quantitative estimate of drug-likeness (QED) is 0.611. The summed E-state index contributed by atoms with van der Waals surface area (Å²) in [7, 11) is 0. The van der Waals surface area contributed by atoms with E-state index in [2.05, 4.69) is 10.1 Å². The Morgan fingerprint density at radius 2 is 1.68 bits per heavy atom. The molecule has 0 aliphatic heterocycles. The topological polar surface area (TPSA) is 86.5 Å². The molecule has 7 heteroatoms. The molecular formula is C21H23N3O4. The highest BCUT2D eigenvalue weighted by molar-refractivity contribution is 5.89. The normalized spacial score (nSPS) is 10.6. The number of carbonyl (C=O) groups is 1. The first-order valence-corrected chi connectivity index (χ1v) is 9.20. The Balaban J connectivity index is 1.74. The van der Waals surface area contributed by atoms with Gasteiger partial charge in [0.15, 0.2) is 0 Å². The van der Waals surface area contributed by atoms with Gasteiger partial charge in [-0.05, 0) is 43.0 Å². The van der Waals surface area contributed by atoms with Crippen molar-refractivity contribution in [2.75, 3.05) is 13.2 Å². The highest BCUT2D eigenvalue weighted by atomic mass is 16.5. The molecule has 1 N–H and O–H groups in total. The number of hydrogen-bond donors (Lipinski definition) is 1. The van der Waals surface area contributed by atoms with Gasteiger partial charge in [0.2, 0.25) is 0 Å². The molecule has 0 aliphatic rings. The van der Waals surface area contributed by atoms with E-state index >= 15 is 0 Å². The molecule has 28 heavy (non-hydrogen) atoms. The minimum Gasteiger partial charge on any atom is -0.478 e. The Labute approximate surface area is 163 Å². The average molecular weight is 381 g/mol. The minimum absolute atomic E-state index is 0.299. The number of hydrogen-bond acceptors (Lipinski definition) is 5. The third kappa shape index (κ3) is 4.68. The van der Waals surface area contributed by atoms with Gasteiger partial charge in [-0.15, -0.1) is 10.1 Å². The molecule has 0 aliphatic carbocycles. The van der Waals surface area contributed by atoms with Crippen molar-refractivity contribution < 1.29 is 19.4 Å². The molecule has 0 saturated carbocycles. The van der Waals surface area contributed by atoms with Crippen LogP contribution in [0.3, 0.4) is 0 Å². The summed E-state index contributed by atoms with van der Waals surface area (Å²) in [5, 5.41) is 13.7. The zero-order chi connectivity index (χ0) is 19.9. The first-order valence-electron chi connectivity index (χ1n) is 9.20. The zero-order valence-corrected chi connectivity index (χ0v) is 16.0. The van der Waals surface area contributed by atoms with Crippen LogP contribution in [0.2, 0.25) is 0 Å². The lowest BCUT2D eigenvalue weighted by Crippen LogP contribution is -2.07. The lowest BCUT2D eigenvalue weighted by molar-refractivity contribution is 0.0696. The monoisotopic (exact) mass is 381 g/mol. The molecule has 0 bridgehead atoms. The number of aromatic carboxylic acids is 1. The summed E-state index contributed by atoms with van der Waals surface area (Å²) >= 11 is 0. The Hall–Kier alpha value is -3.35. The third-order valence-electron chi connectivity index (χ3n) is 4.16. The van der Waals surface area contributed by atoms with Gasteiger partial charge in [-0.2, -0.15) is 0 Å². The standard InChI is InChI=1S/C21H23N3O4/c1-3-27-20-22-21(28-4-2)24(23-20)14-16-11-9-15(10-12-16)13-17-7-5-6-8-18(17)19(25)26/h5-12H,3-4,13-14H2,1-2H3,(H,25,26). The summed E-state index contributed by atoms with van der Waals surface area (Å²) in [6.45, 7) is 5.25. The van der Waals surface area contributed by atoms with Crippen LogP contribution in [0.5, 0.6) is 12.0 Å². The third-order valence-corrected chi connectivity index (χ3v) is 4.16. The highest BCUT2D eigenvalue weighted by Gasteiger charge is 2.13. The van der Waals surface area contributed by atoms with E-state index < -0.39 is 5.97 Å². The van der Waals surface area contributed by atoms with Crippen LogP contribution in [0.1, 0.15) is 40.9 Å². The number of benzene rings is 2. The van der Waals surface area contributed by atoms with E-state index in [1.54, 1.807) is 16.8 Å².